The molecule has 0 radical (unpaired) electrons. The molecular weight excluding hydrogens is 240 g/mol. The van der Waals surface area contributed by atoms with Crippen LogP contribution in [0, 0.1) is 23.7 Å². The highest BCUT2D eigenvalue weighted by molar-refractivity contribution is 5.34. The van der Waals surface area contributed by atoms with Crippen molar-refractivity contribution in [2.45, 2.75) is 65.2 Å². The van der Waals surface area contributed by atoms with Crippen LogP contribution in [0.3, 0.4) is 0 Å². The van der Waals surface area contributed by atoms with Crippen molar-refractivity contribution in [1.82, 2.24) is 0 Å². The smallest absolute Gasteiger partial charge is 0.00718 e. The van der Waals surface area contributed by atoms with Crippen molar-refractivity contribution in [1.29, 1.82) is 0 Å². The molecule has 2 fully saturated rings. The molecule has 0 spiro atoms. The number of hydrogen-bond acceptors (Lipinski definition) is 0. The van der Waals surface area contributed by atoms with Crippen LogP contribution in [0.1, 0.15) is 65.2 Å². The van der Waals surface area contributed by atoms with Crippen LogP contribution >= 0.6 is 0 Å². The van der Waals surface area contributed by atoms with E-state index in [1.54, 1.807) is 0 Å². The van der Waals surface area contributed by atoms with Crippen LogP contribution in [-0.2, 0) is 0 Å². The maximum Gasteiger partial charge on any atom is -0.00718 e. The van der Waals surface area contributed by atoms with E-state index in [1.165, 1.54) is 62.5 Å². The summed E-state index contributed by atoms with van der Waals surface area (Å²) in [5.74, 6) is 2.95. The lowest BCUT2D eigenvalue weighted by Crippen LogP contribution is -2.40. The highest BCUT2D eigenvalue weighted by Crippen LogP contribution is 2.55. The fourth-order valence-corrected chi connectivity index (χ4v) is 5.47. The number of fused-ring (bicyclic) bond motifs is 2. The van der Waals surface area contributed by atoms with Crippen molar-refractivity contribution >= 4 is 0 Å². The molecule has 0 N–H and O–H groups in total. The van der Waals surface area contributed by atoms with Gasteiger partial charge in [0.15, 0.2) is 0 Å². The standard InChI is InChI=1S/C20H30/c1-13(2)19-17-11-7-5-9-15(17)16-10-6-8-12-18(16)20(19)14(3)4/h17-20H,1,3,5-12H2,2,4H3. The molecular formula is C20H30. The van der Waals surface area contributed by atoms with E-state index in [-0.39, 0.29) is 0 Å². The Kier molecular flexibility index (Phi) is 3.93. The SMILES string of the molecule is C=C(C)C1C2CCCCC2=C2CCCCC2C1C(=C)C. The molecule has 3 aliphatic carbocycles. The third-order valence-electron chi connectivity index (χ3n) is 6.12. The maximum absolute atomic E-state index is 4.38. The van der Waals surface area contributed by atoms with Gasteiger partial charge in [-0.25, -0.2) is 0 Å². The quantitative estimate of drug-likeness (QED) is 0.535. The van der Waals surface area contributed by atoms with Crippen molar-refractivity contribution in [2.75, 3.05) is 0 Å². The van der Waals surface area contributed by atoms with Crippen LogP contribution < -0.4 is 0 Å². The first-order chi connectivity index (χ1) is 9.61. The third-order valence-corrected chi connectivity index (χ3v) is 6.12. The van der Waals surface area contributed by atoms with Gasteiger partial charge in [0.25, 0.3) is 0 Å². The van der Waals surface area contributed by atoms with Crippen LogP contribution in [-0.4, -0.2) is 0 Å². The number of allylic oxidation sites excluding steroid dienone is 4. The van der Waals surface area contributed by atoms with Gasteiger partial charge in [0.05, 0.1) is 0 Å². The summed E-state index contributed by atoms with van der Waals surface area (Å²) in [5, 5.41) is 0. The van der Waals surface area contributed by atoms with Crippen molar-refractivity contribution in [3.05, 3.63) is 35.5 Å². The summed E-state index contributed by atoms with van der Waals surface area (Å²) in [5.41, 5.74) is 6.55. The van der Waals surface area contributed by atoms with Crippen LogP contribution in [0.15, 0.2) is 35.5 Å². The summed E-state index contributed by atoms with van der Waals surface area (Å²) >= 11 is 0. The van der Waals surface area contributed by atoms with Gasteiger partial charge in [-0.1, -0.05) is 48.3 Å². The second-order valence-corrected chi connectivity index (χ2v) is 7.50. The van der Waals surface area contributed by atoms with E-state index < -0.39 is 0 Å². The molecule has 0 heteroatoms. The Morgan fingerprint density at radius 3 is 1.50 bits per heavy atom. The number of hydrogen-bond donors (Lipinski definition) is 0. The van der Waals surface area contributed by atoms with E-state index in [1.807, 2.05) is 11.1 Å². The molecule has 3 rings (SSSR count). The lowest BCUT2D eigenvalue weighted by molar-refractivity contribution is 0.183. The average molecular weight is 270 g/mol. The van der Waals surface area contributed by atoms with Crippen molar-refractivity contribution < 1.29 is 0 Å². The van der Waals surface area contributed by atoms with E-state index in [4.69, 9.17) is 0 Å². The van der Waals surface area contributed by atoms with Crippen molar-refractivity contribution in [3.63, 3.8) is 0 Å². The molecule has 4 atom stereocenters. The average Bonchev–Trinajstić information content (AvgIpc) is 2.45. The van der Waals surface area contributed by atoms with Crippen molar-refractivity contribution in [2.24, 2.45) is 23.7 Å². The highest BCUT2D eigenvalue weighted by atomic mass is 14.5. The Labute approximate surface area is 125 Å². The normalized spacial score (nSPS) is 37.1. The van der Waals surface area contributed by atoms with Gasteiger partial charge in [0.2, 0.25) is 0 Å². The molecule has 20 heavy (non-hydrogen) atoms. The van der Waals surface area contributed by atoms with Crippen LogP contribution in [0.25, 0.3) is 0 Å². The zero-order chi connectivity index (χ0) is 14.3. The molecule has 0 bridgehead atoms. The lowest BCUT2D eigenvalue weighted by Gasteiger charge is -2.50. The van der Waals surface area contributed by atoms with Gasteiger partial charge in [-0.15, -0.1) is 0 Å². The van der Waals surface area contributed by atoms with E-state index in [9.17, 15) is 0 Å². The molecule has 4 unspecified atom stereocenters. The molecule has 0 nitrogen and oxygen atoms in total. The second kappa shape index (κ2) is 5.54. The van der Waals surface area contributed by atoms with Crippen molar-refractivity contribution in [3.8, 4) is 0 Å². The van der Waals surface area contributed by atoms with Gasteiger partial charge < -0.3 is 0 Å². The minimum absolute atomic E-state index is 0.676. The molecule has 0 amide bonds. The molecule has 0 aromatic heterocycles. The summed E-state index contributed by atoms with van der Waals surface area (Å²) in [6.07, 6.45) is 11.2. The molecule has 0 aliphatic heterocycles. The third kappa shape index (κ3) is 2.22. The Morgan fingerprint density at radius 1 is 0.750 bits per heavy atom. The Hall–Kier alpha value is -0.780. The van der Waals surface area contributed by atoms with Crippen LogP contribution in [0.2, 0.25) is 0 Å². The largest absolute Gasteiger partial charge is 0.0998 e. The first-order valence-corrected chi connectivity index (χ1v) is 8.64. The lowest BCUT2D eigenvalue weighted by atomic mass is 9.55. The molecule has 0 saturated heterocycles. The monoisotopic (exact) mass is 270 g/mol. The predicted octanol–water partition coefficient (Wildman–Crippen LogP) is 6.06. The Morgan fingerprint density at radius 2 is 1.15 bits per heavy atom. The second-order valence-electron chi connectivity index (χ2n) is 7.50. The zero-order valence-corrected chi connectivity index (χ0v) is 13.4. The Balaban J connectivity index is 2.09. The van der Waals surface area contributed by atoms with Gasteiger partial charge in [0, 0.05) is 0 Å². The minimum atomic E-state index is 0.676. The van der Waals surface area contributed by atoms with Gasteiger partial charge in [0.1, 0.15) is 0 Å². The predicted molar refractivity (Wildman–Crippen MR) is 87.6 cm³/mol. The van der Waals surface area contributed by atoms with Gasteiger partial charge in [-0.3, -0.25) is 0 Å². The molecule has 0 aromatic carbocycles. The summed E-state index contributed by atoms with van der Waals surface area (Å²) in [4.78, 5) is 0. The van der Waals surface area contributed by atoms with Gasteiger partial charge >= 0.3 is 0 Å². The first kappa shape index (κ1) is 14.2. The topological polar surface area (TPSA) is 0 Å². The van der Waals surface area contributed by atoms with Gasteiger partial charge in [-0.2, -0.15) is 0 Å². The number of rotatable bonds is 2. The Bertz CT molecular complexity index is 409. The first-order valence-electron chi connectivity index (χ1n) is 8.64. The molecule has 2 saturated carbocycles. The van der Waals surface area contributed by atoms with E-state index in [0.717, 1.165) is 11.8 Å². The molecule has 0 heterocycles. The summed E-state index contributed by atoms with van der Waals surface area (Å²) in [6, 6.07) is 0. The summed E-state index contributed by atoms with van der Waals surface area (Å²) in [7, 11) is 0. The fourth-order valence-electron chi connectivity index (χ4n) is 5.47. The van der Waals surface area contributed by atoms with Crippen LogP contribution in [0.5, 0.6) is 0 Å². The molecule has 0 aromatic rings. The van der Waals surface area contributed by atoms with Gasteiger partial charge in [-0.05, 0) is 76.0 Å². The molecule has 3 aliphatic rings. The minimum Gasteiger partial charge on any atom is -0.0998 e. The highest BCUT2D eigenvalue weighted by Gasteiger charge is 2.45. The zero-order valence-electron chi connectivity index (χ0n) is 13.4. The maximum atomic E-state index is 4.38. The van der Waals surface area contributed by atoms with E-state index >= 15 is 0 Å². The fraction of sp³-hybridized carbons (Fsp3) is 0.700. The summed E-state index contributed by atoms with van der Waals surface area (Å²) < 4.78 is 0. The van der Waals surface area contributed by atoms with E-state index in [2.05, 4.69) is 27.0 Å². The van der Waals surface area contributed by atoms with Crippen LogP contribution in [0.4, 0.5) is 0 Å². The van der Waals surface area contributed by atoms with E-state index in [0.29, 0.717) is 11.8 Å². The molecule has 110 valence electrons. The summed E-state index contributed by atoms with van der Waals surface area (Å²) in [6.45, 7) is 13.3.